The summed E-state index contributed by atoms with van der Waals surface area (Å²) in [6, 6.07) is 13.2. The monoisotopic (exact) mass is 480 g/mol. The van der Waals surface area contributed by atoms with Gasteiger partial charge in [-0.15, -0.1) is 0 Å². The maximum absolute atomic E-state index is 13.9. The van der Waals surface area contributed by atoms with Crippen LogP contribution in [-0.2, 0) is 16.6 Å². The first-order chi connectivity index (χ1) is 15.1. The van der Waals surface area contributed by atoms with E-state index in [1.165, 1.54) is 62.7 Å². The number of sulfonamides is 1. The molecule has 168 valence electrons. The Hall–Kier alpha value is -3.01. The maximum Gasteiger partial charge on any atom is 0.255 e. The van der Waals surface area contributed by atoms with Crippen LogP contribution in [0.5, 0.6) is 5.75 Å². The largest absolute Gasteiger partial charge is 0.496 e. The Kier molecular flexibility index (Phi) is 7.12. The van der Waals surface area contributed by atoms with Crippen molar-refractivity contribution >= 4 is 33.2 Å². The van der Waals surface area contributed by atoms with Crippen molar-refractivity contribution in [3.8, 4) is 5.75 Å². The topological polar surface area (TPSA) is 75.7 Å². The first-order valence-corrected chi connectivity index (χ1v) is 11.1. The Morgan fingerprint density at radius 2 is 1.69 bits per heavy atom. The van der Waals surface area contributed by atoms with E-state index in [0.717, 1.165) is 16.4 Å². The average Bonchev–Trinajstić information content (AvgIpc) is 2.76. The summed E-state index contributed by atoms with van der Waals surface area (Å²) in [7, 11) is -1.07. The van der Waals surface area contributed by atoms with E-state index in [0.29, 0.717) is 16.3 Å². The fourth-order valence-corrected chi connectivity index (χ4v) is 4.23. The minimum absolute atomic E-state index is 0.0484. The van der Waals surface area contributed by atoms with Gasteiger partial charge in [-0.2, -0.15) is 4.31 Å². The smallest absolute Gasteiger partial charge is 0.255 e. The molecule has 0 aliphatic heterocycles. The number of anilines is 1. The third kappa shape index (κ3) is 5.07. The van der Waals surface area contributed by atoms with Crippen LogP contribution in [0.25, 0.3) is 0 Å². The first kappa shape index (κ1) is 23.6. The van der Waals surface area contributed by atoms with Crippen molar-refractivity contribution in [3.05, 3.63) is 88.4 Å². The zero-order chi connectivity index (χ0) is 23.5. The van der Waals surface area contributed by atoms with Crippen LogP contribution in [0.3, 0.4) is 0 Å². The van der Waals surface area contributed by atoms with Crippen LogP contribution in [0, 0.1) is 11.6 Å². The minimum atomic E-state index is -3.85. The lowest BCUT2D eigenvalue weighted by molar-refractivity contribution is 0.102. The number of ether oxygens (including phenoxy) is 1. The molecule has 0 fully saturated rings. The lowest BCUT2D eigenvalue weighted by Crippen LogP contribution is -2.27. The zero-order valence-electron chi connectivity index (χ0n) is 17.1. The number of nitrogens with one attached hydrogen (secondary N) is 1. The highest BCUT2D eigenvalue weighted by atomic mass is 35.5. The van der Waals surface area contributed by atoms with Crippen molar-refractivity contribution in [2.75, 3.05) is 19.5 Å². The third-order valence-corrected chi connectivity index (χ3v) is 6.73. The Labute approximate surface area is 189 Å². The summed E-state index contributed by atoms with van der Waals surface area (Å²) < 4.78 is 59.8. The molecule has 0 aliphatic rings. The van der Waals surface area contributed by atoms with Crippen LogP contribution in [0.2, 0.25) is 5.02 Å². The molecule has 0 heterocycles. The van der Waals surface area contributed by atoms with Crippen molar-refractivity contribution in [3.63, 3.8) is 0 Å². The molecule has 0 radical (unpaired) electrons. The summed E-state index contributed by atoms with van der Waals surface area (Å²) in [6.45, 7) is -0.122. The molecule has 0 saturated heterocycles. The highest BCUT2D eigenvalue weighted by Crippen LogP contribution is 2.26. The quantitative estimate of drug-likeness (QED) is 0.532. The third-order valence-electron chi connectivity index (χ3n) is 4.66. The maximum atomic E-state index is 13.9. The predicted octanol–water partition coefficient (Wildman–Crippen LogP) is 4.70. The van der Waals surface area contributed by atoms with E-state index in [9.17, 15) is 22.0 Å². The lowest BCUT2D eigenvalue weighted by Gasteiger charge is -2.19. The van der Waals surface area contributed by atoms with Gasteiger partial charge >= 0.3 is 0 Å². The van der Waals surface area contributed by atoms with Crippen molar-refractivity contribution in [2.24, 2.45) is 0 Å². The van der Waals surface area contributed by atoms with Gasteiger partial charge in [0.05, 0.1) is 12.0 Å². The van der Waals surface area contributed by atoms with Gasteiger partial charge in [0.15, 0.2) is 0 Å². The van der Waals surface area contributed by atoms with Gasteiger partial charge in [-0.1, -0.05) is 17.7 Å². The molecule has 3 rings (SSSR count). The number of para-hydroxylation sites is 1. The number of halogens is 3. The van der Waals surface area contributed by atoms with Crippen molar-refractivity contribution in [1.82, 2.24) is 4.31 Å². The van der Waals surface area contributed by atoms with Gasteiger partial charge in [0.2, 0.25) is 10.0 Å². The number of hydrogen-bond acceptors (Lipinski definition) is 4. The number of rotatable bonds is 7. The lowest BCUT2D eigenvalue weighted by atomic mass is 10.1. The van der Waals surface area contributed by atoms with Crippen LogP contribution in [0.4, 0.5) is 14.5 Å². The fourth-order valence-electron chi connectivity index (χ4n) is 2.96. The van der Waals surface area contributed by atoms with Crippen molar-refractivity contribution in [1.29, 1.82) is 0 Å². The summed E-state index contributed by atoms with van der Waals surface area (Å²) in [5.41, 5.74) is -0.118. The number of carbonyl (C=O) groups excluding carboxylic acids is 1. The molecular formula is C22H19ClF2N2O4S. The Morgan fingerprint density at radius 1 is 1.06 bits per heavy atom. The molecule has 6 nitrogen and oxygen atoms in total. The predicted molar refractivity (Wildman–Crippen MR) is 117 cm³/mol. The second kappa shape index (κ2) is 9.64. The number of hydrogen-bond donors (Lipinski definition) is 1. The van der Waals surface area contributed by atoms with E-state index in [1.54, 1.807) is 0 Å². The zero-order valence-corrected chi connectivity index (χ0v) is 18.7. The second-order valence-corrected chi connectivity index (χ2v) is 9.27. The average molecular weight is 481 g/mol. The molecule has 0 unspecified atom stereocenters. The number of nitrogens with zero attached hydrogens (tertiary/aromatic N) is 1. The SMILES string of the molecule is COc1ccc(C(=O)Nc2c(F)cccc2F)cc1CN(C)S(=O)(=O)c1ccc(Cl)cc1. The van der Waals surface area contributed by atoms with E-state index in [1.807, 2.05) is 0 Å². The molecule has 0 aromatic heterocycles. The molecule has 0 bridgehead atoms. The standard InChI is InChI=1S/C22H19ClF2N2O4S/c1-27(32(29,30)17-9-7-16(23)8-10-17)13-15-12-14(6-11-20(15)31-2)22(28)26-21-18(24)4-3-5-19(21)25/h3-12H,13H2,1-2H3,(H,26,28). The van der Waals surface area contributed by atoms with Gasteiger partial charge in [-0.25, -0.2) is 17.2 Å². The minimum Gasteiger partial charge on any atom is -0.496 e. The Morgan fingerprint density at radius 3 is 2.28 bits per heavy atom. The van der Waals surface area contributed by atoms with E-state index >= 15 is 0 Å². The molecule has 3 aromatic rings. The van der Waals surface area contributed by atoms with Crippen LogP contribution in [0.15, 0.2) is 65.6 Å². The fraction of sp³-hybridized carbons (Fsp3) is 0.136. The summed E-state index contributed by atoms with van der Waals surface area (Å²) in [5, 5.41) is 2.60. The summed E-state index contributed by atoms with van der Waals surface area (Å²) in [5.74, 6) is -2.25. The molecule has 0 atom stereocenters. The molecule has 32 heavy (non-hydrogen) atoms. The Balaban J connectivity index is 1.87. The van der Waals surface area contributed by atoms with Crippen LogP contribution in [-0.4, -0.2) is 32.8 Å². The normalized spacial score (nSPS) is 11.4. The van der Waals surface area contributed by atoms with Crippen molar-refractivity contribution in [2.45, 2.75) is 11.4 Å². The number of carbonyl (C=O) groups is 1. The molecular weight excluding hydrogens is 462 g/mol. The van der Waals surface area contributed by atoms with E-state index in [4.69, 9.17) is 16.3 Å². The molecule has 3 aromatic carbocycles. The van der Waals surface area contributed by atoms with Crippen LogP contribution in [0.1, 0.15) is 15.9 Å². The van der Waals surface area contributed by atoms with Crippen LogP contribution < -0.4 is 10.1 Å². The summed E-state index contributed by atoms with van der Waals surface area (Å²) >= 11 is 5.83. The van der Waals surface area contributed by atoms with Gasteiger partial charge in [0, 0.05) is 29.7 Å². The van der Waals surface area contributed by atoms with E-state index in [-0.39, 0.29) is 17.0 Å². The molecule has 10 heteroatoms. The van der Waals surface area contributed by atoms with Crippen molar-refractivity contribution < 1.29 is 26.7 Å². The van der Waals surface area contributed by atoms with E-state index < -0.39 is 33.3 Å². The molecule has 1 amide bonds. The van der Waals surface area contributed by atoms with Gasteiger partial charge < -0.3 is 10.1 Å². The summed E-state index contributed by atoms with van der Waals surface area (Å²) in [4.78, 5) is 12.6. The summed E-state index contributed by atoms with van der Waals surface area (Å²) in [6.07, 6.45) is 0. The molecule has 1 N–H and O–H groups in total. The molecule has 0 aliphatic carbocycles. The van der Waals surface area contributed by atoms with Gasteiger partial charge in [-0.3, -0.25) is 4.79 Å². The second-order valence-electron chi connectivity index (χ2n) is 6.79. The molecule has 0 saturated carbocycles. The highest BCUT2D eigenvalue weighted by molar-refractivity contribution is 7.89. The number of benzene rings is 3. The van der Waals surface area contributed by atoms with Gasteiger partial charge in [-0.05, 0) is 54.6 Å². The van der Waals surface area contributed by atoms with Crippen LogP contribution >= 0.6 is 11.6 Å². The molecule has 0 spiro atoms. The highest BCUT2D eigenvalue weighted by Gasteiger charge is 2.23. The number of amides is 1. The Bertz CT molecular complexity index is 1230. The van der Waals surface area contributed by atoms with E-state index in [2.05, 4.69) is 5.32 Å². The van der Waals surface area contributed by atoms with Gasteiger partial charge in [0.1, 0.15) is 23.1 Å². The first-order valence-electron chi connectivity index (χ1n) is 9.27. The van der Waals surface area contributed by atoms with Gasteiger partial charge in [0.25, 0.3) is 5.91 Å². The number of methoxy groups -OCH3 is 1.